The van der Waals surface area contributed by atoms with Crippen molar-refractivity contribution in [2.24, 2.45) is 0 Å². The summed E-state index contributed by atoms with van der Waals surface area (Å²) in [6.07, 6.45) is -0.548. The van der Waals surface area contributed by atoms with E-state index in [4.69, 9.17) is 4.74 Å². The van der Waals surface area contributed by atoms with Gasteiger partial charge in [0.15, 0.2) is 5.82 Å². The molecule has 0 aromatic carbocycles. The molecule has 0 fully saturated rings. The van der Waals surface area contributed by atoms with E-state index in [2.05, 4.69) is 20.9 Å². The number of carbonyl (C=O) groups is 1. The van der Waals surface area contributed by atoms with Gasteiger partial charge in [-0.25, -0.2) is 14.6 Å². The van der Waals surface area contributed by atoms with Gasteiger partial charge in [-0.3, -0.25) is 4.90 Å². The van der Waals surface area contributed by atoms with Crippen LogP contribution < -0.4 is 9.80 Å². The van der Waals surface area contributed by atoms with E-state index in [0.29, 0.717) is 21.8 Å². The first kappa shape index (κ1) is 16.5. The molecule has 0 aliphatic carbocycles. The molecule has 1 aromatic heterocycles. The molecule has 1 amide bonds. The van der Waals surface area contributed by atoms with Crippen molar-refractivity contribution in [3.8, 4) is 0 Å². The van der Waals surface area contributed by atoms with Crippen molar-refractivity contribution in [2.45, 2.75) is 39.3 Å². The number of hydrogen-bond donors (Lipinski definition) is 0. The Bertz CT molecular complexity index is 662. The second-order valence-electron chi connectivity index (χ2n) is 6.05. The van der Waals surface area contributed by atoms with Crippen molar-refractivity contribution in [1.82, 2.24) is 4.98 Å². The van der Waals surface area contributed by atoms with Gasteiger partial charge in [0.2, 0.25) is 0 Å². The Morgan fingerprint density at radius 1 is 1.41 bits per heavy atom. The van der Waals surface area contributed by atoms with Crippen LogP contribution in [0.1, 0.15) is 27.7 Å². The van der Waals surface area contributed by atoms with Crippen LogP contribution in [0.2, 0.25) is 0 Å². The SMILES string of the molecule is C[C@@H]1C(=C=O)N(C)c2ccc(Br)nc2N1C(=O)OC(C)(C)C. The molecule has 1 aliphatic rings. The van der Waals surface area contributed by atoms with Gasteiger partial charge in [-0.1, -0.05) is 0 Å². The quantitative estimate of drug-likeness (QED) is 0.520. The summed E-state index contributed by atoms with van der Waals surface area (Å²) in [6, 6.07) is 3.01. The Kier molecular flexibility index (Phi) is 4.31. The number of ether oxygens (including phenoxy) is 1. The number of carbonyl (C=O) groups excluding carboxylic acids is 2. The van der Waals surface area contributed by atoms with Gasteiger partial charge >= 0.3 is 6.09 Å². The van der Waals surface area contributed by atoms with Crippen LogP contribution in [-0.2, 0) is 9.53 Å². The molecule has 1 aliphatic heterocycles. The number of pyridine rings is 1. The summed E-state index contributed by atoms with van der Waals surface area (Å²) < 4.78 is 6.04. The van der Waals surface area contributed by atoms with Crippen molar-refractivity contribution in [3.05, 3.63) is 22.4 Å². The Morgan fingerprint density at radius 2 is 2.05 bits per heavy atom. The molecule has 0 spiro atoms. The number of anilines is 2. The zero-order chi connectivity index (χ0) is 16.7. The largest absolute Gasteiger partial charge is 0.443 e. The van der Waals surface area contributed by atoms with Crippen LogP contribution in [0, 0.1) is 0 Å². The van der Waals surface area contributed by atoms with E-state index >= 15 is 0 Å². The van der Waals surface area contributed by atoms with E-state index in [9.17, 15) is 9.59 Å². The highest BCUT2D eigenvalue weighted by molar-refractivity contribution is 9.10. The Hall–Kier alpha value is -1.85. The van der Waals surface area contributed by atoms with Crippen molar-refractivity contribution in [3.63, 3.8) is 0 Å². The second-order valence-corrected chi connectivity index (χ2v) is 6.86. The van der Waals surface area contributed by atoms with Crippen LogP contribution >= 0.6 is 15.9 Å². The lowest BCUT2D eigenvalue weighted by atomic mass is 10.1. The fourth-order valence-electron chi connectivity index (χ4n) is 2.28. The summed E-state index contributed by atoms with van der Waals surface area (Å²) in [7, 11) is 1.75. The first-order valence-corrected chi connectivity index (χ1v) is 7.62. The lowest BCUT2D eigenvalue weighted by molar-refractivity contribution is 0.0570. The number of halogens is 1. The smallest absolute Gasteiger partial charge is 0.416 e. The maximum Gasteiger partial charge on any atom is 0.416 e. The van der Waals surface area contributed by atoms with Crippen LogP contribution in [0.25, 0.3) is 0 Å². The summed E-state index contributed by atoms with van der Waals surface area (Å²) in [5.74, 6) is 2.35. The summed E-state index contributed by atoms with van der Waals surface area (Å²) in [6.45, 7) is 7.11. The van der Waals surface area contributed by atoms with E-state index in [1.807, 2.05) is 5.94 Å². The summed E-state index contributed by atoms with van der Waals surface area (Å²) >= 11 is 3.31. The summed E-state index contributed by atoms with van der Waals surface area (Å²) in [4.78, 5) is 31.3. The molecule has 6 nitrogen and oxygen atoms in total. The average Bonchev–Trinajstić information content (AvgIpc) is 2.36. The second kappa shape index (κ2) is 5.74. The Morgan fingerprint density at radius 3 is 2.59 bits per heavy atom. The number of likely N-dealkylation sites (N-methyl/N-ethyl adjacent to an activating group) is 1. The molecule has 0 bridgehead atoms. The zero-order valence-corrected chi connectivity index (χ0v) is 14.8. The molecule has 0 unspecified atom stereocenters. The molecule has 2 heterocycles. The normalized spacial score (nSPS) is 17.9. The lowest BCUT2D eigenvalue weighted by Crippen LogP contribution is -2.50. The summed E-state index contributed by atoms with van der Waals surface area (Å²) in [5.41, 5.74) is 0.352. The average molecular weight is 368 g/mol. The maximum absolute atomic E-state index is 12.6. The molecular weight excluding hydrogens is 350 g/mol. The van der Waals surface area contributed by atoms with Crippen LogP contribution in [0.4, 0.5) is 16.3 Å². The van der Waals surface area contributed by atoms with E-state index in [1.54, 1.807) is 51.8 Å². The van der Waals surface area contributed by atoms with Crippen molar-refractivity contribution < 1.29 is 14.3 Å². The predicted octanol–water partition coefficient (Wildman–Crippen LogP) is 3.14. The van der Waals surface area contributed by atoms with Gasteiger partial charge in [-0.15, -0.1) is 0 Å². The van der Waals surface area contributed by atoms with Crippen molar-refractivity contribution >= 4 is 39.5 Å². The molecule has 1 atom stereocenters. The van der Waals surface area contributed by atoms with Crippen molar-refractivity contribution in [2.75, 3.05) is 16.8 Å². The number of nitrogens with zero attached hydrogens (tertiary/aromatic N) is 3. The van der Waals surface area contributed by atoms with Crippen LogP contribution in [-0.4, -0.2) is 35.7 Å². The Balaban J connectivity index is 2.57. The van der Waals surface area contributed by atoms with E-state index in [0.717, 1.165) is 0 Å². The van der Waals surface area contributed by atoms with Gasteiger partial charge in [-0.05, 0) is 55.8 Å². The van der Waals surface area contributed by atoms with Gasteiger partial charge in [0.25, 0.3) is 0 Å². The fourth-order valence-corrected chi connectivity index (χ4v) is 2.58. The van der Waals surface area contributed by atoms with E-state index in [-0.39, 0.29) is 0 Å². The molecule has 22 heavy (non-hydrogen) atoms. The fraction of sp³-hybridized carbons (Fsp3) is 0.467. The van der Waals surface area contributed by atoms with Crippen molar-refractivity contribution in [1.29, 1.82) is 0 Å². The Labute approximate surface area is 137 Å². The first-order chi connectivity index (χ1) is 10.2. The molecule has 118 valence electrons. The standard InChI is InChI=1S/C15H18BrN3O3/c1-9-11(8-20)18(5)10-6-7-12(16)17-13(10)19(9)14(21)22-15(2,3)4/h6-7,9H,1-5H3/t9-/m1/s1. The van der Waals surface area contributed by atoms with Gasteiger partial charge in [-0.2, -0.15) is 0 Å². The van der Waals surface area contributed by atoms with Gasteiger partial charge in [0.1, 0.15) is 21.8 Å². The van der Waals surface area contributed by atoms with E-state index < -0.39 is 17.7 Å². The number of rotatable bonds is 0. The highest BCUT2D eigenvalue weighted by Gasteiger charge is 2.38. The minimum absolute atomic E-state index is 0.350. The third-order valence-electron chi connectivity index (χ3n) is 3.25. The molecule has 0 N–H and O–H groups in total. The molecule has 7 heteroatoms. The zero-order valence-electron chi connectivity index (χ0n) is 13.2. The molecule has 1 aromatic rings. The van der Waals surface area contributed by atoms with Crippen LogP contribution in [0.15, 0.2) is 22.4 Å². The van der Waals surface area contributed by atoms with Crippen LogP contribution in [0.5, 0.6) is 0 Å². The van der Waals surface area contributed by atoms with Gasteiger partial charge in [0, 0.05) is 7.05 Å². The molecule has 0 radical (unpaired) electrons. The van der Waals surface area contributed by atoms with Crippen LogP contribution in [0.3, 0.4) is 0 Å². The lowest BCUT2D eigenvalue weighted by Gasteiger charge is -2.39. The molecule has 0 saturated carbocycles. The molecule has 2 rings (SSSR count). The minimum Gasteiger partial charge on any atom is -0.443 e. The molecule has 0 saturated heterocycles. The monoisotopic (exact) mass is 367 g/mol. The number of amides is 1. The maximum atomic E-state index is 12.6. The third kappa shape index (κ3) is 3.00. The van der Waals surface area contributed by atoms with Gasteiger partial charge < -0.3 is 9.64 Å². The number of fused-ring (bicyclic) bond motifs is 1. The first-order valence-electron chi connectivity index (χ1n) is 6.83. The minimum atomic E-state index is -0.641. The number of aromatic nitrogens is 1. The third-order valence-corrected chi connectivity index (χ3v) is 3.69. The summed E-state index contributed by atoms with van der Waals surface area (Å²) in [5, 5.41) is 0. The highest BCUT2D eigenvalue weighted by Crippen LogP contribution is 2.38. The van der Waals surface area contributed by atoms with Gasteiger partial charge in [0.05, 0.1) is 11.7 Å². The number of hydrogen-bond acceptors (Lipinski definition) is 5. The predicted molar refractivity (Wildman–Crippen MR) is 87.7 cm³/mol. The molecular formula is C15H18BrN3O3. The topological polar surface area (TPSA) is 62.7 Å². The highest BCUT2D eigenvalue weighted by atomic mass is 79.9. The van der Waals surface area contributed by atoms with E-state index in [1.165, 1.54) is 4.90 Å².